The van der Waals surface area contributed by atoms with Gasteiger partial charge in [0.15, 0.2) is 0 Å². The maximum atomic E-state index is 9.86. The average Bonchev–Trinajstić information content (AvgIpc) is 2.97. The van der Waals surface area contributed by atoms with Crippen LogP contribution in [-0.2, 0) is 19.4 Å². The molecule has 1 aliphatic carbocycles. The SMILES string of the molecule is CCc1nn(CC2CC2)c(CC)c1C(C)O. The minimum atomic E-state index is -0.391. The molecule has 1 unspecified atom stereocenters. The summed E-state index contributed by atoms with van der Waals surface area (Å²) in [7, 11) is 0. The van der Waals surface area contributed by atoms with Crippen LogP contribution in [0.4, 0.5) is 0 Å². The maximum Gasteiger partial charge on any atom is 0.0798 e. The minimum absolute atomic E-state index is 0.391. The molecule has 0 bridgehead atoms. The van der Waals surface area contributed by atoms with Crippen LogP contribution in [0.15, 0.2) is 0 Å². The van der Waals surface area contributed by atoms with Crippen LogP contribution in [0.1, 0.15) is 56.7 Å². The topological polar surface area (TPSA) is 38.0 Å². The highest BCUT2D eigenvalue weighted by Gasteiger charge is 2.25. The Morgan fingerprint density at radius 1 is 1.38 bits per heavy atom. The number of aliphatic hydroxyl groups is 1. The first-order valence-electron chi connectivity index (χ1n) is 6.43. The van der Waals surface area contributed by atoms with Gasteiger partial charge in [-0.25, -0.2) is 0 Å². The van der Waals surface area contributed by atoms with E-state index in [0.717, 1.165) is 36.6 Å². The Morgan fingerprint density at radius 3 is 2.50 bits per heavy atom. The van der Waals surface area contributed by atoms with Crippen LogP contribution in [0.2, 0.25) is 0 Å². The van der Waals surface area contributed by atoms with E-state index < -0.39 is 6.10 Å². The van der Waals surface area contributed by atoms with Gasteiger partial charge in [-0.3, -0.25) is 4.68 Å². The normalized spacial score (nSPS) is 17.8. The van der Waals surface area contributed by atoms with Crippen molar-refractivity contribution in [2.24, 2.45) is 5.92 Å². The summed E-state index contributed by atoms with van der Waals surface area (Å²) in [6, 6.07) is 0. The third-order valence-electron chi connectivity index (χ3n) is 3.39. The summed E-state index contributed by atoms with van der Waals surface area (Å²) in [5.74, 6) is 0.830. The second-order valence-corrected chi connectivity index (χ2v) is 4.82. The van der Waals surface area contributed by atoms with Gasteiger partial charge < -0.3 is 5.11 Å². The van der Waals surface area contributed by atoms with E-state index in [4.69, 9.17) is 0 Å². The van der Waals surface area contributed by atoms with Crippen molar-refractivity contribution < 1.29 is 5.11 Å². The summed E-state index contributed by atoms with van der Waals surface area (Å²) in [6.45, 7) is 7.14. The lowest BCUT2D eigenvalue weighted by molar-refractivity contribution is 0.197. The molecule has 90 valence electrons. The van der Waals surface area contributed by atoms with Gasteiger partial charge in [-0.1, -0.05) is 13.8 Å². The molecule has 0 aromatic carbocycles. The minimum Gasteiger partial charge on any atom is -0.389 e. The molecule has 0 spiro atoms. The molecule has 0 saturated heterocycles. The first-order chi connectivity index (χ1) is 7.67. The highest BCUT2D eigenvalue weighted by molar-refractivity contribution is 5.28. The predicted octanol–water partition coefficient (Wildman–Crippen LogP) is 2.47. The molecular weight excluding hydrogens is 200 g/mol. The maximum absolute atomic E-state index is 9.86. The lowest BCUT2D eigenvalue weighted by Crippen LogP contribution is -2.07. The smallest absolute Gasteiger partial charge is 0.0798 e. The first-order valence-corrected chi connectivity index (χ1v) is 6.43. The van der Waals surface area contributed by atoms with E-state index in [-0.39, 0.29) is 0 Å². The Hall–Kier alpha value is -0.830. The number of aryl methyl sites for hydroxylation is 1. The standard InChI is InChI=1S/C13H22N2O/c1-4-11-13(9(3)16)12(5-2)15(14-11)8-10-6-7-10/h9-10,16H,4-8H2,1-3H3. The second kappa shape index (κ2) is 4.58. The fraction of sp³-hybridized carbons (Fsp3) is 0.769. The zero-order valence-electron chi connectivity index (χ0n) is 10.5. The van der Waals surface area contributed by atoms with Crippen LogP contribution in [-0.4, -0.2) is 14.9 Å². The number of hydrogen-bond donors (Lipinski definition) is 1. The van der Waals surface area contributed by atoms with E-state index in [1.54, 1.807) is 0 Å². The molecule has 1 atom stereocenters. The number of nitrogens with zero attached hydrogens (tertiary/aromatic N) is 2. The third-order valence-corrected chi connectivity index (χ3v) is 3.39. The second-order valence-electron chi connectivity index (χ2n) is 4.82. The molecule has 1 fully saturated rings. The van der Waals surface area contributed by atoms with Crippen molar-refractivity contribution >= 4 is 0 Å². The van der Waals surface area contributed by atoms with Gasteiger partial charge in [-0.15, -0.1) is 0 Å². The first kappa shape index (κ1) is 11.6. The van der Waals surface area contributed by atoms with E-state index >= 15 is 0 Å². The van der Waals surface area contributed by atoms with Crippen molar-refractivity contribution in [2.75, 3.05) is 0 Å². The Labute approximate surface area is 97.5 Å². The monoisotopic (exact) mass is 222 g/mol. The number of hydrogen-bond acceptors (Lipinski definition) is 2. The van der Waals surface area contributed by atoms with Gasteiger partial charge in [0.25, 0.3) is 0 Å². The van der Waals surface area contributed by atoms with E-state index in [0.29, 0.717) is 0 Å². The van der Waals surface area contributed by atoms with E-state index in [2.05, 4.69) is 23.6 Å². The number of aliphatic hydroxyl groups excluding tert-OH is 1. The summed E-state index contributed by atoms with van der Waals surface area (Å²) in [4.78, 5) is 0. The van der Waals surface area contributed by atoms with Crippen LogP contribution >= 0.6 is 0 Å². The molecule has 1 aromatic rings. The van der Waals surface area contributed by atoms with Gasteiger partial charge in [0.2, 0.25) is 0 Å². The van der Waals surface area contributed by atoms with Crippen LogP contribution in [0.25, 0.3) is 0 Å². The Morgan fingerprint density at radius 2 is 2.06 bits per heavy atom. The van der Waals surface area contributed by atoms with Gasteiger partial charge in [0, 0.05) is 17.8 Å². The zero-order chi connectivity index (χ0) is 11.7. The molecule has 1 aliphatic rings. The van der Waals surface area contributed by atoms with Crippen LogP contribution in [0.5, 0.6) is 0 Å². The molecule has 2 rings (SSSR count). The van der Waals surface area contributed by atoms with Gasteiger partial charge >= 0.3 is 0 Å². The Bertz CT molecular complexity index is 364. The van der Waals surface area contributed by atoms with Crippen molar-refractivity contribution in [1.29, 1.82) is 0 Å². The van der Waals surface area contributed by atoms with Gasteiger partial charge in [0.05, 0.1) is 11.8 Å². The van der Waals surface area contributed by atoms with E-state index in [1.807, 2.05) is 6.92 Å². The third kappa shape index (κ3) is 2.14. The van der Waals surface area contributed by atoms with E-state index in [9.17, 15) is 5.11 Å². The summed E-state index contributed by atoms with van der Waals surface area (Å²) >= 11 is 0. The molecule has 1 saturated carbocycles. The van der Waals surface area contributed by atoms with Crippen molar-refractivity contribution in [3.63, 3.8) is 0 Å². The fourth-order valence-corrected chi connectivity index (χ4v) is 2.38. The van der Waals surface area contributed by atoms with Gasteiger partial charge in [0.1, 0.15) is 0 Å². The molecule has 3 heteroatoms. The molecule has 3 nitrogen and oxygen atoms in total. The van der Waals surface area contributed by atoms with Crippen LogP contribution in [0.3, 0.4) is 0 Å². The Kier molecular flexibility index (Phi) is 3.33. The van der Waals surface area contributed by atoms with Crippen LogP contribution in [0, 0.1) is 5.92 Å². The fourth-order valence-electron chi connectivity index (χ4n) is 2.38. The number of rotatable bonds is 5. The van der Waals surface area contributed by atoms with Crippen molar-refractivity contribution in [3.8, 4) is 0 Å². The summed E-state index contributed by atoms with van der Waals surface area (Å²) in [5.41, 5.74) is 3.39. The Balaban J connectivity index is 2.35. The van der Waals surface area contributed by atoms with Crippen molar-refractivity contribution in [1.82, 2.24) is 9.78 Å². The largest absolute Gasteiger partial charge is 0.389 e. The number of aromatic nitrogens is 2. The molecule has 16 heavy (non-hydrogen) atoms. The molecule has 1 aromatic heterocycles. The van der Waals surface area contributed by atoms with Gasteiger partial charge in [-0.2, -0.15) is 5.10 Å². The van der Waals surface area contributed by atoms with Gasteiger partial charge in [-0.05, 0) is 38.5 Å². The molecule has 0 aliphatic heterocycles. The average molecular weight is 222 g/mol. The van der Waals surface area contributed by atoms with Crippen molar-refractivity contribution in [2.45, 2.75) is 59.1 Å². The highest BCUT2D eigenvalue weighted by Crippen LogP contribution is 2.32. The molecule has 1 heterocycles. The highest BCUT2D eigenvalue weighted by atomic mass is 16.3. The summed E-state index contributed by atoms with van der Waals surface area (Å²) in [6.07, 6.45) is 4.16. The lowest BCUT2D eigenvalue weighted by atomic mass is 10.0. The predicted molar refractivity (Wildman–Crippen MR) is 64.3 cm³/mol. The quantitative estimate of drug-likeness (QED) is 0.831. The summed E-state index contributed by atoms with van der Waals surface area (Å²) in [5, 5.41) is 14.5. The molecule has 0 amide bonds. The lowest BCUT2D eigenvalue weighted by Gasteiger charge is -2.09. The van der Waals surface area contributed by atoms with E-state index in [1.165, 1.54) is 18.5 Å². The van der Waals surface area contributed by atoms with Crippen molar-refractivity contribution in [3.05, 3.63) is 17.0 Å². The zero-order valence-corrected chi connectivity index (χ0v) is 10.5. The van der Waals surface area contributed by atoms with Crippen LogP contribution < -0.4 is 0 Å². The molecule has 1 N–H and O–H groups in total. The molecular formula is C13H22N2O. The molecule has 0 radical (unpaired) electrons. The summed E-state index contributed by atoms with van der Waals surface area (Å²) < 4.78 is 2.14.